The van der Waals surface area contributed by atoms with Crippen LogP contribution in [0.25, 0.3) is 0 Å². The van der Waals surface area contributed by atoms with Crippen molar-refractivity contribution in [3.8, 4) is 11.5 Å². The van der Waals surface area contributed by atoms with Gasteiger partial charge in [-0.1, -0.05) is 30.3 Å². The van der Waals surface area contributed by atoms with Gasteiger partial charge in [0.2, 0.25) is 5.91 Å². The number of carbonyl (C=O) groups is 1. The van der Waals surface area contributed by atoms with Gasteiger partial charge in [0.05, 0.1) is 12.6 Å². The van der Waals surface area contributed by atoms with Gasteiger partial charge in [0, 0.05) is 18.6 Å². The van der Waals surface area contributed by atoms with E-state index in [4.69, 9.17) is 4.74 Å². The van der Waals surface area contributed by atoms with Gasteiger partial charge in [0.15, 0.2) is 11.5 Å². The van der Waals surface area contributed by atoms with E-state index >= 15 is 0 Å². The number of rotatable bonds is 5. The summed E-state index contributed by atoms with van der Waals surface area (Å²) in [6, 6.07) is 13.5. The number of carbonyl (C=O) groups excluding carboxylic acids is 1. The SMILES string of the molecule is CCOc1cc(CN2Cc3ccccc3CC2C(=O)NC(C)(C)C)ccc1O. The van der Waals surface area contributed by atoms with Crippen LogP contribution < -0.4 is 10.1 Å². The number of ether oxygens (including phenoxy) is 1. The van der Waals surface area contributed by atoms with Crippen molar-refractivity contribution in [1.29, 1.82) is 0 Å². The quantitative estimate of drug-likeness (QED) is 0.829. The van der Waals surface area contributed by atoms with Crippen molar-refractivity contribution in [1.82, 2.24) is 10.2 Å². The maximum absolute atomic E-state index is 13.0. The Morgan fingerprint density at radius 3 is 2.61 bits per heavy atom. The molecule has 0 saturated heterocycles. The van der Waals surface area contributed by atoms with Crippen molar-refractivity contribution in [3.05, 3.63) is 59.2 Å². The Morgan fingerprint density at radius 2 is 1.93 bits per heavy atom. The monoisotopic (exact) mass is 382 g/mol. The number of amides is 1. The van der Waals surface area contributed by atoms with Crippen LogP contribution in [0.1, 0.15) is 44.4 Å². The molecular weight excluding hydrogens is 352 g/mol. The Labute approximate surface area is 167 Å². The molecule has 0 saturated carbocycles. The first-order chi connectivity index (χ1) is 13.3. The Bertz CT molecular complexity index is 842. The second-order valence-corrected chi connectivity index (χ2v) is 8.37. The standard InChI is InChI=1S/C23H30N2O3/c1-5-28-21-12-16(10-11-20(21)26)14-25-15-18-9-7-6-8-17(18)13-19(25)22(27)24-23(2,3)4/h6-12,19,26H,5,13-15H2,1-4H3,(H,24,27). The molecular formula is C23H30N2O3. The molecule has 5 nitrogen and oxygen atoms in total. The van der Waals surface area contributed by atoms with E-state index in [9.17, 15) is 9.90 Å². The number of hydrogen-bond donors (Lipinski definition) is 2. The second kappa shape index (κ2) is 8.23. The first-order valence-electron chi connectivity index (χ1n) is 9.84. The number of phenols is 1. The van der Waals surface area contributed by atoms with Crippen LogP contribution >= 0.6 is 0 Å². The third-order valence-corrected chi connectivity index (χ3v) is 4.86. The summed E-state index contributed by atoms with van der Waals surface area (Å²) in [6.07, 6.45) is 0.689. The van der Waals surface area contributed by atoms with E-state index in [2.05, 4.69) is 22.3 Å². The predicted molar refractivity (Wildman–Crippen MR) is 110 cm³/mol. The van der Waals surface area contributed by atoms with Crippen LogP contribution in [-0.2, 0) is 24.3 Å². The molecule has 0 aromatic heterocycles. The van der Waals surface area contributed by atoms with Crippen molar-refractivity contribution in [3.63, 3.8) is 0 Å². The van der Waals surface area contributed by atoms with Crippen LogP contribution in [0.3, 0.4) is 0 Å². The van der Waals surface area contributed by atoms with Gasteiger partial charge >= 0.3 is 0 Å². The Balaban J connectivity index is 1.87. The van der Waals surface area contributed by atoms with E-state index < -0.39 is 0 Å². The smallest absolute Gasteiger partial charge is 0.238 e. The second-order valence-electron chi connectivity index (χ2n) is 8.37. The number of nitrogens with one attached hydrogen (secondary N) is 1. The Kier molecular flexibility index (Phi) is 5.94. The molecule has 2 aromatic carbocycles. The van der Waals surface area contributed by atoms with Crippen LogP contribution in [0.2, 0.25) is 0 Å². The zero-order valence-electron chi connectivity index (χ0n) is 17.2. The van der Waals surface area contributed by atoms with E-state index in [1.165, 1.54) is 11.1 Å². The number of fused-ring (bicyclic) bond motifs is 1. The van der Waals surface area contributed by atoms with Gasteiger partial charge in [-0.2, -0.15) is 0 Å². The fourth-order valence-electron chi connectivity index (χ4n) is 3.62. The molecule has 0 spiro atoms. The Hall–Kier alpha value is -2.53. The van der Waals surface area contributed by atoms with Crippen molar-refractivity contribution in [2.24, 2.45) is 0 Å². The maximum Gasteiger partial charge on any atom is 0.238 e. The summed E-state index contributed by atoms with van der Waals surface area (Å²) < 4.78 is 5.52. The summed E-state index contributed by atoms with van der Waals surface area (Å²) in [6.45, 7) is 9.70. The fraction of sp³-hybridized carbons (Fsp3) is 0.435. The van der Waals surface area contributed by atoms with Crippen LogP contribution in [0.4, 0.5) is 0 Å². The third kappa shape index (κ3) is 4.84. The largest absolute Gasteiger partial charge is 0.504 e. The van der Waals surface area contributed by atoms with Crippen LogP contribution in [0.15, 0.2) is 42.5 Å². The molecule has 5 heteroatoms. The van der Waals surface area contributed by atoms with Gasteiger partial charge in [-0.25, -0.2) is 0 Å². The lowest BCUT2D eigenvalue weighted by Gasteiger charge is -2.37. The lowest BCUT2D eigenvalue weighted by molar-refractivity contribution is -0.128. The average Bonchev–Trinajstić information content (AvgIpc) is 2.62. The Morgan fingerprint density at radius 1 is 1.21 bits per heavy atom. The summed E-state index contributed by atoms with van der Waals surface area (Å²) >= 11 is 0. The third-order valence-electron chi connectivity index (χ3n) is 4.86. The van der Waals surface area contributed by atoms with E-state index in [-0.39, 0.29) is 23.2 Å². The zero-order chi connectivity index (χ0) is 20.3. The molecule has 3 rings (SSSR count). The summed E-state index contributed by atoms with van der Waals surface area (Å²) in [5.41, 5.74) is 3.22. The van der Waals surface area contributed by atoms with Gasteiger partial charge in [-0.05, 0) is 62.9 Å². The van der Waals surface area contributed by atoms with Gasteiger partial charge in [-0.3, -0.25) is 9.69 Å². The van der Waals surface area contributed by atoms with Crippen molar-refractivity contribution < 1.29 is 14.6 Å². The summed E-state index contributed by atoms with van der Waals surface area (Å²) in [5.74, 6) is 0.663. The minimum atomic E-state index is -0.277. The maximum atomic E-state index is 13.0. The number of aromatic hydroxyl groups is 1. The number of hydrogen-bond acceptors (Lipinski definition) is 4. The van der Waals surface area contributed by atoms with Gasteiger partial charge in [0.25, 0.3) is 0 Å². The summed E-state index contributed by atoms with van der Waals surface area (Å²) in [7, 11) is 0. The molecule has 150 valence electrons. The molecule has 2 aromatic rings. The molecule has 0 aliphatic carbocycles. The fourth-order valence-corrected chi connectivity index (χ4v) is 3.62. The summed E-state index contributed by atoms with van der Waals surface area (Å²) in [5, 5.41) is 13.1. The van der Waals surface area contributed by atoms with E-state index in [1.54, 1.807) is 6.07 Å². The predicted octanol–water partition coefficient (Wildman–Crippen LogP) is 3.63. The molecule has 0 bridgehead atoms. The van der Waals surface area contributed by atoms with Crippen LogP contribution in [0, 0.1) is 0 Å². The van der Waals surface area contributed by atoms with Gasteiger partial charge < -0.3 is 15.2 Å². The van der Waals surface area contributed by atoms with Gasteiger partial charge in [0.1, 0.15) is 0 Å². The molecule has 0 fully saturated rings. The van der Waals surface area contributed by atoms with Gasteiger partial charge in [-0.15, -0.1) is 0 Å². The average molecular weight is 383 g/mol. The molecule has 28 heavy (non-hydrogen) atoms. The molecule has 1 aliphatic rings. The molecule has 1 atom stereocenters. The highest BCUT2D eigenvalue weighted by Gasteiger charge is 2.33. The molecule has 1 aliphatic heterocycles. The number of benzene rings is 2. The van der Waals surface area contributed by atoms with Crippen molar-refractivity contribution >= 4 is 5.91 Å². The highest BCUT2D eigenvalue weighted by Crippen LogP contribution is 2.30. The normalized spacial score (nSPS) is 17.1. The van der Waals surface area contributed by atoms with E-state index in [0.717, 1.165) is 5.56 Å². The molecule has 1 unspecified atom stereocenters. The van der Waals surface area contributed by atoms with Crippen molar-refractivity contribution in [2.45, 2.75) is 58.8 Å². The first kappa shape index (κ1) is 20.2. The lowest BCUT2D eigenvalue weighted by atomic mass is 9.92. The minimum absolute atomic E-state index is 0.0470. The van der Waals surface area contributed by atoms with Crippen LogP contribution in [0.5, 0.6) is 11.5 Å². The number of phenolic OH excluding ortho intramolecular Hbond substituents is 1. The lowest BCUT2D eigenvalue weighted by Crippen LogP contribution is -2.54. The summed E-state index contributed by atoms with van der Waals surface area (Å²) in [4.78, 5) is 15.2. The highest BCUT2D eigenvalue weighted by atomic mass is 16.5. The zero-order valence-corrected chi connectivity index (χ0v) is 17.2. The van der Waals surface area contributed by atoms with E-state index in [0.29, 0.717) is 31.9 Å². The van der Waals surface area contributed by atoms with Crippen molar-refractivity contribution in [2.75, 3.05) is 6.61 Å². The number of nitrogens with zero attached hydrogens (tertiary/aromatic N) is 1. The molecule has 1 heterocycles. The molecule has 1 amide bonds. The molecule has 0 radical (unpaired) electrons. The minimum Gasteiger partial charge on any atom is -0.504 e. The molecule has 2 N–H and O–H groups in total. The first-order valence-corrected chi connectivity index (χ1v) is 9.84. The highest BCUT2D eigenvalue weighted by molar-refractivity contribution is 5.83. The van der Waals surface area contributed by atoms with E-state index in [1.807, 2.05) is 52.0 Å². The topological polar surface area (TPSA) is 61.8 Å². The van der Waals surface area contributed by atoms with Crippen LogP contribution in [-0.4, -0.2) is 34.1 Å².